The van der Waals surface area contributed by atoms with Crippen LogP contribution in [0.4, 0.5) is 0 Å². The molecule has 0 unspecified atom stereocenters. The maximum Gasteiger partial charge on any atom is 0.396 e. The number of carbonyl (C=O) groups is 4. The summed E-state index contributed by atoms with van der Waals surface area (Å²) in [5.74, 6) is -5.10. The molecule has 2 bridgehead atoms. The fourth-order valence-corrected chi connectivity index (χ4v) is 9.29. The van der Waals surface area contributed by atoms with Gasteiger partial charge in [-0.15, -0.1) is 0 Å². The highest BCUT2D eigenvalue weighted by atomic mass is 16.6. The minimum atomic E-state index is -2.29. The van der Waals surface area contributed by atoms with Gasteiger partial charge in [-0.1, -0.05) is 62.4 Å². The van der Waals surface area contributed by atoms with E-state index < -0.39 is 101 Å². The first-order valence-electron chi connectivity index (χ1n) is 17.9. The Bertz CT molecular complexity index is 1810. The molecule has 1 radical (unpaired) electrons. The quantitative estimate of drug-likeness (QED) is 0.101. The van der Waals surface area contributed by atoms with Crippen molar-refractivity contribution in [1.82, 2.24) is 5.23 Å². The summed E-state index contributed by atoms with van der Waals surface area (Å²) >= 11 is 0. The molecule has 3 aliphatic carbocycles. The number of aliphatic hydroxyl groups excluding tert-OH is 3. The molecule has 0 spiro atoms. The Labute approximate surface area is 314 Å². The van der Waals surface area contributed by atoms with Gasteiger partial charge < -0.3 is 49.3 Å². The van der Waals surface area contributed by atoms with Crippen molar-refractivity contribution in [3.8, 4) is 0 Å². The second kappa shape index (κ2) is 14.6. The normalized spacial score (nSPS) is 35.1. The fourth-order valence-electron chi connectivity index (χ4n) is 9.29. The van der Waals surface area contributed by atoms with Crippen LogP contribution in [0.15, 0.2) is 71.8 Å². The molecule has 1 heterocycles. The Balaban J connectivity index is 1.51. The van der Waals surface area contributed by atoms with Crippen LogP contribution >= 0.6 is 0 Å². The SMILES string of the molecule is CO[B]N[C@@H](c1ccccc1)[C@@H](O)C(=O)O[C@H]1C[C@@]2(O)[C@@H](OC(=O)c3ccccc3)[C@@H]3[C@]4(OC(C)=O)CO[C@@H]4C[C@H](O)[C@@]3(C)C(=O)[C@H](O)C(=C1C)C2(C)C. The zero-order valence-electron chi connectivity index (χ0n) is 31.1. The average Bonchev–Trinajstić information content (AvgIpc) is 3.13. The van der Waals surface area contributed by atoms with E-state index >= 15 is 0 Å². The molecule has 0 aromatic heterocycles. The van der Waals surface area contributed by atoms with Crippen LogP contribution in [-0.2, 0) is 38.0 Å². The molecule has 0 amide bonds. The highest BCUT2D eigenvalue weighted by molar-refractivity contribution is 6.23. The lowest BCUT2D eigenvalue weighted by molar-refractivity contribution is -0.346. The number of Topliss-reactive ketones (excluding diaryl/α,β-unsaturated/α-hetero) is 1. The van der Waals surface area contributed by atoms with E-state index in [1.165, 1.54) is 40.7 Å². The Kier molecular flexibility index (Phi) is 10.7. The Morgan fingerprint density at radius 3 is 2.20 bits per heavy atom. The van der Waals surface area contributed by atoms with Crippen LogP contribution in [0, 0.1) is 16.7 Å². The molecule has 1 saturated heterocycles. The lowest BCUT2D eigenvalue weighted by Gasteiger charge is -2.67. The predicted molar refractivity (Wildman–Crippen MR) is 190 cm³/mol. The number of benzene rings is 2. The molecule has 6 rings (SSSR count). The van der Waals surface area contributed by atoms with Gasteiger partial charge >= 0.3 is 25.5 Å². The number of nitrogens with one attached hydrogen (secondary N) is 1. The molecule has 54 heavy (non-hydrogen) atoms. The van der Waals surface area contributed by atoms with E-state index in [4.69, 9.17) is 23.6 Å². The minimum absolute atomic E-state index is 0.0138. The summed E-state index contributed by atoms with van der Waals surface area (Å²) in [5.41, 5.74) is -6.70. The molecule has 2 aromatic rings. The second-order valence-corrected chi connectivity index (χ2v) is 15.4. The Morgan fingerprint density at radius 1 is 1.00 bits per heavy atom. The van der Waals surface area contributed by atoms with Crippen LogP contribution in [0.2, 0.25) is 0 Å². The molecule has 2 aromatic carbocycles. The summed E-state index contributed by atoms with van der Waals surface area (Å²) in [6.07, 6.45) is -9.98. The number of hydrogen-bond donors (Lipinski definition) is 5. The molecule has 14 nitrogen and oxygen atoms in total. The Hall–Kier alpha value is -3.96. The van der Waals surface area contributed by atoms with Gasteiger partial charge in [0.1, 0.15) is 30.0 Å². The lowest BCUT2D eigenvalue weighted by Crippen LogP contribution is -2.81. The van der Waals surface area contributed by atoms with Gasteiger partial charge in [0.25, 0.3) is 0 Å². The van der Waals surface area contributed by atoms with Gasteiger partial charge in [0.05, 0.1) is 35.6 Å². The van der Waals surface area contributed by atoms with Gasteiger partial charge in [0.2, 0.25) is 0 Å². The van der Waals surface area contributed by atoms with Gasteiger partial charge in [0.15, 0.2) is 17.5 Å². The molecule has 1 aliphatic heterocycles. The van der Waals surface area contributed by atoms with Crippen LogP contribution in [0.5, 0.6) is 0 Å². The monoisotopic (exact) mass is 748 g/mol. The summed E-state index contributed by atoms with van der Waals surface area (Å²) in [5, 5.41) is 51.5. The second-order valence-electron chi connectivity index (χ2n) is 15.4. The third kappa shape index (κ3) is 6.19. The molecule has 11 atom stereocenters. The molecule has 4 aliphatic rings. The number of ketones is 1. The smallest absolute Gasteiger partial charge is 0.396 e. The zero-order valence-corrected chi connectivity index (χ0v) is 31.1. The van der Waals surface area contributed by atoms with Gasteiger partial charge in [-0.3, -0.25) is 9.59 Å². The number of esters is 3. The largest absolute Gasteiger partial charge is 0.456 e. The van der Waals surface area contributed by atoms with E-state index in [1.807, 2.05) is 0 Å². The first kappa shape index (κ1) is 39.7. The van der Waals surface area contributed by atoms with E-state index in [9.17, 15) is 39.6 Å². The first-order chi connectivity index (χ1) is 25.5. The van der Waals surface area contributed by atoms with Crippen molar-refractivity contribution in [3.05, 3.63) is 82.9 Å². The number of rotatable bonds is 10. The van der Waals surface area contributed by atoms with Gasteiger partial charge in [0, 0.05) is 32.3 Å². The topological polar surface area (TPSA) is 207 Å². The van der Waals surface area contributed by atoms with Crippen LogP contribution in [0.1, 0.15) is 69.4 Å². The van der Waals surface area contributed by atoms with Crippen LogP contribution < -0.4 is 5.23 Å². The summed E-state index contributed by atoms with van der Waals surface area (Å²) < 4.78 is 29.1. The highest BCUT2D eigenvalue weighted by Crippen LogP contribution is 2.64. The maximum absolute atomic E-state index is 14.9. The summed E-state index contributed by atoms with van der Waals surface area (Å²) in [4.78, 5) is 55.6. The van der Waals surface area contributed by atoms with Crippen molar-refractivity contribution >= 4 is 31.3 Å². The standard InChI is InChI=1S/C39H47BNO13/c1-20-24(52-35(48)30(45)28(41-40-50-6)22-13-9-7-10-14-22)18-39(49)33(53-34(47)23-15-11-8-12-16-23)31-37(5,32(46)29(44)27(20)36(39,3)4)25(43)17-26-38(31,19-51-26)54-21(2)42/h7-16,24-26,28-31,33,41,43-45,49H,17-19H2,1-6H3/t24-,25-,26+,28-,29+,30+,31-,33-,37+,38-,39+/m0/s1. The number of ether oxygens (including phenoxy) is 4. The van der Waals surface area contributed by atoms with Crippen molar-refractivity contribution in [2.45, 2.75) is 101 Å². The predicted octanol–water partition coefficient (Wildman–Crippen LogP) is 1.51. The van der Waals surface area contributed by atoms with Gasteiger partial charge in [-0.05, 0) is 42.7 Å². The van der Waals surface area contributed by atoms with E-state index in [1.54, 1.807) is 69.3 Å². The zero-order chi connectivity index (χ0) is 39.4. The van der Waals surface area contributed by atoms with Crippen LogP contribution in [-0.4, -0.2) is 113 Å². The molecular formula is C39H47BNO13. The summed E-state index contributed by atoms with van der Waals surface area (Å²) in [7, 11) is 2.59. The molecule has 3 fully saturated rings. The van der Waals surface area contributed by atoms with Gasteiger partial charge in [-0.2, -0.15) is 0 Å². The summed E-state index contributed by atoms with van der Waals surface area (Å²) in [6, 6.07) is 15.5. The molecule has 289 valence electrons. The van der Waals surface area contributed by atoms with Crippen molar-refractivity contribution in [2.75, 3.05) is 13.7 Å². The number of fused-ring (bicyclic) bond motifs is 5. The lowest BCUT2D eigenvalue weighted by atomic mass is 9.44. The molecule has 5 N–H and O–H groups in total. The van der Waals surface area contributed by atoms with Crippen LogP contribution in [0.3, 0.4) is 0 Å². The van der Waals surface area contributed by atoms with E-state index in [-0.39, 0.29) is 29.7 Å². The summed E-state index contributed by atoms with van der Waals surface area (Å²) in [6.45, 7) is 7.01. The van der Waals surface area contributed by atoms with E-state index in [0.29, 0.717) is 5.56 Å². The van der Waals surface area contributed by atoms with Gasteiger partial charge in [-0.25, -0.2) is 9.59 Å². The molecule has 2 saturated carbocycles. The van der Waals surface area contributed by atoms with Crippen molar-refractivity contribution in [3.63, 3.8) is 0 Å². The van der Waals surface area contributed by atoms with Crippen molar-refractivity contribution in [2.24, 2.45) is 16.7 Å². The third-order valence-corrected chi connectivity index (χ3v) is 12.3. The molecular weight excluding hydrogens is 701 g/mol. The fraction of sp³-hybridized carbons (Fsp3) is 0.538. The average molecular weight is 749 g/mol. The van der Waals surface area contributed by atoms with Crippen molar-refractivity contribution < 1.29 is 63.2 Å². The number of hydrogen-bond acceptors (Lipinski definition) is 14. The van der Waals surface area contributed by atoms with E-state index in [2.05, 4.69) is 5.23 Å². The Morgan fingerprint density at radius 2 is 1.63 bits per heavy atom. The third-order valence-electron chi connectivity index (χ3n) is 12.3. The first-order valence-corrected chi connectivity index (χ1v) is 17.9. The minimum Gasteiger partial charge on any atom is -0.456 e. The molecule has 15 heteroatoms. The van der Waals surface area contributed by atoms with Crippen LogP contribution in [0.25, 0.3) is 0 Å². The van der Waals surface area contributed by atoms with E-state index in [0.717, 1.165) is 0 Å². The number of aliphatic hydroxyl groups is 4. The van der Waals surface area contributed by atoms with Crippen molar-refractivity contribution in [1.29, 1.82) is 0 Å². The maximum atomic E-state index is 14.9. The highest BCUT2D eigenvalue weighted by Gasteiger charge is 2.78. The number of carbonyl (C=O) groups excluding carboxylic acids is 4.